The lowest BCUT2D eigenvalue weighted by molar-refractivity contribution is -0.385. The van der Waals surface area contributed by atoms with Gasteiger partial charge >= 0.3 is 0 Å². The summed E-state index contributed by atoms with van der Waals surface area (Å²) in [7, 11) is 0. The van der Waals surface area contributed by atoms with Crippen molar-refractivity contribution in [3.8, 4) is 0 Å². The minimum Gasteiger partial charge on any atom is -0.329 e. The standard InChI is InChI=1S/C7H9N3O3/c8-3-4-9-5-6(10(12)13)1-2-7(9)11/h1-2,5H,3-4,8H2. The number of aromatic nitrogens is 1. The van der Waals surface area contributed by atoms with Crippen molar-refractivity contribution in [3.05, 3.63) is 38.8 Å². The Kier molecular flexibility index (Phi) is 2.76. The summed E-state index contributed by atoms with van der Waals surface area (Å²) in [5, 5.41) is 10.3. The Morgan fingerprint density at radius 2 is 2.23 bits per heavy atom. The zero-order valence-corrected chi connectivity index (χ0v) is 6.84. The highest BCUT2D eigenvalue weighted by molar-refractivity contribution is 5.24. The van der Waals surface area contributed by atoms with Gasteiger partial charge in [-0.05, 0) is 0 Å². The number of nitrogens with two attached hydrogens (primary N) is 1. The van der Waals surface area contributed by atoms with Gasteiger partial charge in [0.05, 0.1) is 11.1 Å². The molecule has 0 atom stereocenters. The molecule has 0 aromatic carbocycles. The van der Waals surface area contributed by atoms with E-state index in [1.165, 1.54) is 16.8 Å². The molecule has 0 aliphatic rings. The Balaban J connectivity index is 3.11. The fourth-order valence-electron chi connectivity index (χ4n) is 0.941. The summed E-state index contributed by atoms with van der Waals surface area (Å²) < 4.78 is 1.22. The van der Waals surface area contributed by atoms with Crippen LogP contribution < -0.4 is 11.3 Å². The van der Waals surface area contributed by atoms with E-state index in [2.05, 4.69) is 0 Å². The van der Waals surface area contributed by atoms with Crippen LogP contribution >= 0.6 is 0 Å². The summed E-state index contributed by atoms with van der Waals surface area (Å²) in [6.07, 6.45) is 1.19. The second-order valence-corrected chi connectivity index (χ2v) is 2.46. The molecule has 0 bridgehead atoms. The van der Waals surface area contributed by atoms with Gasteiger partial charge in [-0.15, -0.1) is 0 Å². The van der Waals surface area contributed by atoms with Crippen molar-refractivity contribution in [2.75, 3.05) is 6.54 Å². The van der Waals surface area contributed by atoms with E-state index in [0.717, 1.165) is 6.07 Å². The van der Waals surface area contributed by atoms with Crippen LogP contribution in [0.4, 0.5) is 5.69 Å². The number of hydrogen-bond acceptors (Lipinski definition) is 4. The number of rotatable bonds is 3. The van der Waals surface area contributed by atoms with Gasteiger partial charge in [0.2, 0.25) is 0 Å². The maximum absolute atomic E-state index is 11.1. The van der Waals surface area contributed by atoms with Gasteiger partial charge in [-0.1, -0.05) is 0 Å². The predicted molar refractivity (Wildman–Crippen MR) is 46.4 cm³/mol. The Hall–Kier alpha value is -1.69. The highest BCUT2D eigenvalue weighted by atomic mass is 16.6. The maximum Gasteiger partial charge on any atom is 0.285 e. The normalized spacial score (nSPS) is 9.92. The monoisotopic (exact) mass is 183 g/mol. The second kappa shape index (κ2) is 3.81. The molecule has 0 amide bonds. The molecule has 13 heavy (non-hydrogen) atoms. The molecule has 1 heterocycles. The summed E-state index contributed by atoms with van der Waals surface area (Å²) in [6.45, 7) is 0.571. The van der Waals surface area contributed by atoms with Crippen LogP contribution in [0.15, 0.2) is 23.1 Å². The van der Waals surface area contributed by atoms with Crippen molar-refractivity contribution in [1.29, 1.82) is 0 Å². The third-order valence-corrected chi connectivity index (χ3v) is 1.55. The number of nitro groups is 1. The molecule has 0 saturated carbocycles. The van der Waals surface area contributed by atoms with Crippen molar-refractivity contribution in [1.82, 2.24) is 4.57 Å². The zero-order valence-electron chi connectivity index (χ0n) is 6.84. The number of pyridine rings is 1. The topological polar surface area (TPSA) is 91.2 Å². The van der Waals surface area contributed by atoms with Gasteiger partial charge in [-0.2, -0.15) is 0 Å². The molecule has 1 rings (SSSR count). The maximum atomic E-state index is 11.1. The van der Waals surface area contributed by atoms with E-state index in [9.17, 15) is 14.9 Å². The summed E-state index contributed by atoms with van der Waals surface area (Å²) >= 11 is 0. The predicted octanol–water partition coefficient (Wildman–Crippen LogP) is -0.285. The molecular weight excluding hydrogens is 174 g/mol. The van der Waals surface area contributed by atoms with Crippen molar-refractivity contribution in [2.24, 2.45) is 5.73 Å². The lowest BCUT2D eigenvalue weighted by Gasteiger charge is -2.01. The third kappa shape index (κ3) is 2.12. The van der Waals surface area contributed by atoms with E-state index in [0.29, 0.717) is 6.54 Å². The lowest BCUT2D eigenvalue weighted by Crippen LogP contribution is -2.22. The van der Waals surface area contributed by atoms with Gasteiger partial charge in [0.25, 0.3) is 11.2 Å². The lowest BCUT2D eigenvalue weighted by atomic mass is 10.4. The first kappa shape index (κ1) is 9.40. The summed E-state index contributed by atoms with van der Waals surface area (Å²) in [4.78, 5) is 20.8. The fourth-order valence-corrected chi connectivity index (χ4v) is 0.941. The molecule has 6 nitrogen and oxygen atoms in total. The molecule has 0 fully saturated rings. The van der Waals surface area contributed by atoms with E-state index in [-0.39, 0.29) is 17.8 Å². The van der Waals surface area contributed by atoms with Crippen LogP contribution in [-0.2, 0) is 6.54 Å². The molecule has 2 N–H and O–H groups in total. The molecular formula is C7H9N3O3. The Morgan fingerprint density at radius 1 is 1.54 bits per heavy atom. The van der Waals surface area contributed by atoms with Crippen LogP contribution in [0.5, 0.6) is 0 Å². The molecule has 1 aromatic heterocycles. The fraction of sp³-hybridized carbons (Fsp3) is 0.286. The highest BCUT2D eigenvalue weighted by Crippen LogP contribution is 2.05. The molecule has 70 valence electrons. The van der Waals surface area contributed by atoms with Gasteiger partial charge in [0, 0.05) is 25.2 Å². The first-order chi connectivity index (χ1) is 6.15. The van der Waals surface area contributed by atoms with Crippen molar-refractivity contribution in [2.45, 2.75) is 6.54 Å². The molecule has 0 spiro atoms. The Morgan fingerprint density at radius 3 is 2.77 bits per heavy atom. The Labute approximate surface area is 73.7 Å². The van der Waals surface area contributed by atoms with E-state index >= 15 is 0 Å². The van der Waals surface area contributed by atoms with Crippen LogP contribution in [0.1, 0.15) is 0 Å². The zero-order chi connectivity index (χ0) is 9.84. The molecule has 0 aliphatic carbocycles. The van der Waals surface area contributed by atoms with Gasteiger partial charge in [-0.25, -0.2) is 0 Å². The number of nitrogens with zero attached hydrogens (tertiary/aromatic N) is 2. The number of hydrogen-bond donors (Lipinski definition) is 1. The van der Waals surface area contributed by atoms with E-state index in [1.54, 1.807) is 0 Å². The highest BCUT2D eigenvalue weighted by Gasteiger charge is 2.06. The molecule has 0 unspecified atom stereocenters. The van der Waals surface area contributed by atoms with Gasteiger partial charge in [0.15, 0.2) is 0 Å². The van der Waals surface area contributed by atoms with Crippen molar-refractivity contribution >= 4 is 5.69 Å². The smallest absolute Gasteiger partial charge is 0.285 e. The second-order valence-electron chi connectivity index (χ2n) is 2.46. The molecule has 0 aliphatic heterocycles. The van der Waals surface area contributed by atoms with Crippen molar-refractivity contribution < 1.29 is 4.92 Å². The first-order valence-corrected chi connectivity index (χ1v) is 3.70. The van der Waals surface area contributed by atoms with Crippen LogP contribution in [0, 0.1) is 10.1 Å². The first-order valence-electron chi connectivity index (χ1n) is 3.70. The molecule has 0 saturated heterocycles. The van der Waals surface area contributed by atoms with Gasteiger partial charge in [0.1, 0.15) is 0 Å². The minimum absolute atomic E-state index is 0.104. The minimum atomic E-state index is -0.549. The van der Waals surface area contributed by atoms with Crippen molar-refractivity contribution in [3.63, 3.8) is 0 Å². The van der Waals surface area contributed by atoms with E-state index in [4.69, 9.17) is 5.73 Å². The van der Waals surface area contributed by atoms with Gasteiger partial charge in [-0.3, -0.25) is 14.9 Å². The molecule has 1 aromatic rings. The van der Waals surface area contributed by atoms with Crippen LogP contribution in [0.25, 0.3) is 0 Å². The SMILES string of the molecule is NCCn1cc([N+](=O)[O-])ccc1=O. The summed E-state index contributed by atoms with van der Waals surface area (Å²) in [5.74, 6) is 0. The van der Waals surface area contributed by atoms with Crippen LogP contribution in [-0.4, -0.2) is 16.0 Å². The Bertz CT molecular complexity index is 371. The molecule has 6 heteroatoms. The third-order valence-electron chi connectivity index (χ3n) is 1.55. The van der Waals surface area contributed by atoms with Crippen LogP contribution in [0.2, 0.25) is 0 Å². The quantitative estimate of drug-likeness (QED) is 0.515. The molecule has 0 radical (unpaired) electrons. The van der Waals surface area contributed by atoms with E-state index in [1.807, 2.05) is 0 Å². The average molecular weight is 183 g/mol. The summed E-state index contributed by atoms with van der Waals surface area (Å²) in [6, 6.07) is 2.34. The van der Waals surface area contributed by atoms with E-state index < -0.39 is 4.92 Å². The average Bonchev–Trinajstić information content (AvgIpc) is 2.08. The van der Waals surface area contributed by atoms with Gasteiger partial charge < -0.3 is 10.3 Å². The van der Waals surface area contributed by atoms with Crippen LogP contribution in [0.3, 0.4) is 0 Å². The summed E-state index contributed by atoms with van der Waals surface area (Å²) in [5.41, 5.74) is 4.84. The largest absolute Gasteiger partial charge is 0.329 e.